The Morgan fingerprint density at radius 1 is 1.17 bits per heavy atom. The summed E-state index contributed by atoms with van der Waals surface area (Å²) in [4.78, 5) is 10.7. The Hall–Kier alpha value is -2.29. The molecule has 0 spiro atoms. The highest BCUT2D eigenvalue weighted by molar-refractivity contribution is 5.87. The van der Waals surface area contributed by atoms with Gasteiger partial charge in [-0.1, -0.05) is 24.3 Å². The molecule has 2 aromatic rings. The molecule has 0 fully saturated rings. The van der Waals surface area contributed by atoms with Crippen molar-refractivity contribution in [2.75, 3.05) is 5.73 Å². The van der Waals surface area contributed by atoms with Gasteiger partial charge in [0.25, 0.3) is 0 Å². The molecule has 0 aliphatic rings. The van der Waals surface area contributed by atoms with Gasteiger partial charge in [0.1, 0.15) is 0 Å². The highest BCUT2D eigenvalue weighted by Crippen LogP contribution is 2.13. The summed E-state index contributed by atoms with van der Waals surface area (Å²) in [6.07, 6.45) is 2.82. The highest BCUT2D eigenvalue weighted by Gasteiger charge is 2.02. The molecule has 0 heterocycles. The molecule has 18 heavy (non-hydrogen) atoms. The van der Waals surface area contributed by atoms with Crippen LogP contribution in [0.5, 0.6) is 0 Å². The summed E-state index contributed by atoms with van der Waals surface area (Å²) < 4.78 is 0. The molecule has 91 valence electrons. The molecule has 0 aromatic heterocycles. The third-order valence-corrected chi connectivity index (χ3v) is 2.68. The van der Waals surface area contributed by atoms with Gasteiger partial charge < -0.3 is 10.8 Å². The van der Waals surface area contributed by atoms with E-state index in [1.165, 1.54) is 0 Å². The summed E-state index contributed by atoms with van der Waals surface area (Å²) in [5, 5.41) is 8.79. The zero-order valence-corrected chi connectivity index (χ0v) is 9.84. The van der Waals surface area contributed by atoms with Crippen molar-refractivity contribution in [3.63, 3.8) is 0 Å². The normalized spacial score (nSPS) is 10.2. The van der Waals surface area contributed by atoms with Crippen LogP contribution in [0.4, 0.5) is 5.69 Å². The number of hydrogen-bond acceptors (Lipinski definition) is 2. The van der Waals surface area contributed by atoms with E-state index in [0.29, 0.717) is 5.56 Å². The minimum Gasteiger partial charge on any atom is -0.478 e. The fourth-order valence-corrected chi connectivity index (χ4v) is 1.72. The average Bonchev–Trinajstić information content (AvgIpc) is 2.37. The summed E-state index contributed by atoms with van der Waals surface area (Å²) in [6.45, 7) is 0. The molecule has 0 bridgehead atoms. The van der Waals surface area contributed by atoms with Crippen molar-refractivity contribution in [1.82, 2.24) is 0 Å². The topological polar surface area (TPSA) is 63.3 Å². The second-order valence-corrected chi connectivity index (χ2v) is 4.08. The highest BCUT2D eigenvalue weighted by atomic mass is 16.4. The molecule has 0 atom stereocenters. The van der Waals surface area contributed by atoms with Crippen molar-refractivity contribution < 1.29 is 9.90 Å². The number of rotatable bonds is 4. The number of nitrogen functional groups attached to an aromatic ring is 1. The Morgan fingerprint density at radius 3 is 2.50 bits per heavy atom. The molecule has 0 aliphatic carbocycles. The first-order valence-electron chi connectivity index (χ1n) is 5.66. The second kappa shape index (κ2) is 5.36. The van der Waals surface area contributed by atoms with E-state index in [2.05, 4.69) is 0 Å². The lowest BCUT2D eigenvalue weighted by Gasteiger charge is -2.03. The Morgan fingerprint density at radius 2 is 1.89 bits per heavy atom. The summed E-state index contributed by atoms with van der Waals surface area (Å²) >= 11 is 0. The third-order valence-electron chi connectivity index (χ3n) is 2.68. The van der Waals surface area contributed by atoms with Crippen LogP contribution < -0.4 is 5.73 Å². The lowest BCUT2D eigenvalue weighted by molar-refractivity contribution is 0.0697. The van der Waals surface area contributed by atoms with Gasteiger partial charge in [-0.15, -0.1) is 0 Å². The number of carboxylic acid groups (broad SMARTS) is 1. The number of carbonyl (C=O) groups is 1. The minimum absolute atomic E-state index is 0.302. The van der Waals surface area contributed by atoms with Gasteiger partial charge in [-0.25, -0.2) is 4.79 Å². The first-order valence-corrected chi connectivity index (χ1v) is 5.66. The molecule has 3 nitrogen and oxygen atoms in total. The summed E-state index contributed by atoms with van der Waals surface area (Å²) in [5.41, 5.74) is 8.89. The lowest BCUT2D eigenvalue weighted by atomic mass is 10.0. The quantitative estimate of drug-likeness (QED) is 0.808. The maximum atomic E-state index is 10.7. The first-order chi connectivity index (χ1) is 8.65. The van der Waals surface area contributed by atoms with Crippen molar-refractivity contribution in [3.05, 3.63) is 71.6 Å². The van der Waals surface area contributed by atoms with Crippen LogP contribution in [-0.4, -0.2) is 11.1 Å². The largest absolute Gasteiger partial charge is 0.478 e. The molecule has 0 amide bonds. The zero-order valence-electron chi connectivity index (χ0n) is 9.84. The van der Waals surface area contributed by atoms with Crippen LogP contribution in [0.1, 0.15) is 21.5 Å². The van der Waals surface area contributed by atoms with Crippen molar-refractivity contribution in [1.29, 1.82) is 0 Å². The van der Waals surface area contributed by atoms with Crippen LogP contribution in [0.2, 0.25) is 0 Å². The fraction of sp³-hybridized carbons (Fsp3) is 0.0667. The summed E-state index contributed by atoms with van der Waals surface area (Å²) in [6, 6.07) is 14.5. The van der Waals surface area contributed by atoms with Gasteiger partial charge in [0.2, 0.25) is 0 Å². The standard InChI is InChI=1S/C15H14NO2/c16-14-3-1-2-12(10-14)5-4-11-6-8-13(9-7-11)15(17)18/h1-4,6-10H,5,16H2,(H,17,18). The molecule has 0 unspecified atom stereocenters. The summed E-state index contributed by atoms with van der Waals surface area (Å²) in [5.74, 6) is -0.905. The molecular weight excluding hydrogens is 226 g/mol. The smallest absolute Gasteiger partial charge is 0.335 e. The van der Waals surface area contributed by atoms with Gasteiger partial charge in [-0.3, -0.25) is 0 Å². The average molecular weight is 240 g/mol. The van der Waals surface area contributed by atoms with Crippen LogP contribution >= 0.6 is 0 Å². The number of hydrogen-bond donors (Lipinski definition) is 2. The number of nitrogens with two attached hydrogens (primary N) is 1. The minimum atomic E-state index is -0.905. The third kappa shape index (κ3) is 3.10. The van der Waals surface area contributed by atoms with Gasteiger partial charge in [0.05, 0.1) is 5.56 Å². The Balaban J connectivity index is 2.00. The van der Waals surface area contributed by atoms with Crippen LogP contribution in [-0.2, 0) is 6.42 Å². The van der Waals surface area contributed by atoms with Crippen molar-refractivity contribution in [3.8, 4) is 0 Å². The van der Waals surface area contributed by atoms with E-state index in [1.54, 1.807) is 24.3 Å². The molecule has 0 saturated heterocycles. The monoisotopic (exact) mass is 240 g/mol. The van der Waals surface area contributed by atoms with Gasteiger partial charge in [0.15, 0.2) is 0 Å². The van der Waals surface area contributed by atoms with Crippen LogP contribution in [0, 0.1) is 6.42 Å². The van der Waals surface area contributed by atoms with Crippen molar-refractivity contribution in [2.45, 2.75) is 6.42 Å². The van der Waals surface area contributed by atoms with E-state index in [9.17, 15) is 4.79 Å². The van der Waals surface area contributed by atoms with E-state index >= 15 is 0 Å². The number of aromatic carboxylic acids is 1. The molecule has 2 aromatic carbocycles. The molecule has 0 saturated carbocycles. The lowest BCUT2D eigenvalue weighted by Crippen LogP contribution is -1.96. The molecular formula is C15H14NO2. The fourth-order valence-electron chi connectivity index (χ4n) is 1.72. The summed E-state index contributed by atoms with van der Waals surface area (Å²) in [7, 11) is 0. The number of anilines is 1. The van der Waals surface area contributed by atoms with Gasteiger partial charge >= 0.3 is 5.97 Å². The van der Waals surface area contributed by atoms with Crippen molar-refractivity contribution in [2.24, 2.45) is 0 Å². The van der Waals surface area contributed by atoms with E-state index in [1.807, 2.05) is 30.7 Å². The Kier molecular flexibility index (Phi) is 3.63. The molecule has 2 rings (SSSR count). The SMILES string of the molecule is Nc1cccc(C[CH]c2ccc(C(=O)O)cc2)c1. The Labute approximate surface area is 106 Å². The molecule has 0 aliphatic heterocycles. The Bertz CT molecular complexity index is 547. The zero-order chi connectivity index (χ0) is 13.0. The van der Waals surface area contributed by atoms with Gasteiger partial charge in [-0.2, -0.15) is 0 Å². The van der Waals surface area contributed by atoms with Crippen molar-refractivity contribution >= 4 is 11.7 Å². The number of benzene rings is 2. The maximum absolute atomic E-state index is 10.7. The second-order valence-electron chi connectivity index (χ2n) is 4.08. The van der Waals surface area contributed by atoms with Gasteiger partial charge in [0, 0.05) is 5.69 Å². The predicted octanol–water partition coefficient (Wildman–Crippen LogP) is 2.76. The van der Waals surface area contributed by atoms with E-state index in [4.69, 9.17) is 10.8 Å². The van der Waals surface area contributed by atoms with Crippen LogP contribution in [0.3, 0.4) is 0 Å². The molecule has 3 heteroatoms. The van der Waals surface area contributed by atoms with Gasteiger partial charge in [-0.05, 0) is 48.2 Å². The first kappa shape index (κ1) is 12.2. The van der Waals surface area contributed by atoms with Crippen LogP contribution in [0.15, 0.2) is 48.5 Å². The van der Waals surface area contributed by atoms with Crippen LogP contribution in [0.25, 0.3) is 0 Å². The molecule has 3 N–H and O–H groups in total. The number of carboxylic acids is 1. The maximum Gasteiger partial charge on any atom is 0.335 e. The predicted molar refractivity (Wildman–Crippen MR) is 71.4 cm³/mol. The molecule has 1 radical (unpaired) electrons. The van der Waals surface area contributed by atoms with E-state index in [-0.39, 0.29) is 0 Å². The van der Waals surface area contributed by atoms with E-state index in [0.717, 1.165) is 23.2 Å². The van der Waals surface area contributed by atoms with E-state index < -0.39 is 5.97 Å².